The van der Waals surface area contributed by atoms with Crippen LogP contribution in [-0.4, -0.2) is 0 Å². The average molecular weight is 365 g/mol. The van der Waals surface area contributed by atoms with Crippen molar-refractivity contribution in [1.82, 2.24) is 0 Å². The summed E-state index contributed by atoms with van der Waals surface area (Å²) in [5.41, 5.74) is 3.18. The van der Waals surface area contributed by atoms with Crippen molar-refractivity contribution in [3.05, 3.63) is 57.3 Å². The zero-order chi connectivity index (χ0) is 15.8. The summed E-state index contributed by atoms with van der Waals surface area (Å²) in [7, 11) is 0. The molecule has 0 nitrogen and oxygen atoms in total. The second kappa shape index (κ2) is 5.89. The number of alkyl halides is 1. The molecule has 2 aromatic rings. The van der Waals surface area contributed by atoms with Crippen molar-refractivity contribution in [1.29, 1.82) is 0 Å². The number of benzene rings is 1. The highest BCUT2D eigenvalue weighted by atomic mass is 79.9. The molecule has 2 heteroatoms. The Morgan fingerprint density at radius 1 is 0.857 bits per heavy atom. The van der Waals surface area contributed by atoms with Gasteiger partial charge >= 0.3 is 0 Å². The molecule has 1 aromatic carbocycles. The molecule has 0 fully saturated rings. The predicted molar refractivity (Wildman–Crippen MR) is 98.9 cm³/mol. The summed E-state index contributed by atoms with van der Waals surface area (Å²) in [6.45, 7) is 13.7. The van der Waals surface area contributed by atoms with Gasteiger partial charge in [0.05, 0.1) is 4.83 Å². The van der Waals surface area contributed by atoms with Crippen LogP contribution in [-0.2, 0) is 10.8 Å². The quantitative estimate of drug-likeness (QED) is 0.512. The second-order valence-electron chi connectivity index (χ2n) is 7.65. The van der Waals surface area contributed by atoms with Crippen molar-refractivity contribution in [2.45, 2.75) is 57.2 Å². The molecule has 0 aliphatic carbocycles. The fourth-order valence-electron chi connectivity index (χ4n) is 2.45. The van der Waals surface area contributed by atoms with E-state index in [1.165, 1.54) is 20.9 Å². The highest BCUT2D eigenvalue weighted by Gasteiger charge is 2.24. The van der Waals surface area contributed by atoms with Gasteiger partial charge in [0.25, 0.3) is 0 Å². The summed E-state index contributed by atoms with van der Waals surface area (Å²) in [5.74, 6) is 0. The molecule has 0 amide bonds. The predicted octanol–water partition coefficient (Wildman–Crippen LogP) is 6.83. The van der Waals surface area contributed by atoms with Crippen LogP contribution < -0.4 is 0 Å². The standard InChI is InChI=1S/C19H25BrS/c1-18(2,3)14-10-8-7-9-13(14)17(20)15-11-12-16(21-15)19(4,5)6/h7-12,17H,1-6H3. The summed E-state index contributed by atoms with van der Waals surface area (Å²) >= 11 is 5.84. The SMILES string of the molecule is CC(C)(C)c1ccc(C(Br)c2ccccc2C(C)(C)C)s1. The lowest BCUT2D eigenvalue weighted by molar-refractivity contribution is 0.584. The van der Waals surface area contributed by atoms with Crippen molar-refractivity contribution in [3.63, 3.8) is 0 Å². The Hall–Kier alpha value is -0.600. The van der Waals surface area contributed by atoms with Crippen LogP contribution in [0.15, 0.2) is 36.4 Å². The van der Waals surface area contributed by atoms with Gasteiger partial charge in [0.1, 0.15) is 0 Å². The highest BCUT2D eigenvalue weighted by Crippen LogP contribution is 2.42. The van der Waals surface area contributed by atoms with Gasteiger partial charge in [0, 0.05) is 9.75 Å². The molecule has 1 aromatic heterocycles. The molecule has 2 rings (SSSR count). The molecular weight excluding hydrogens is 340 g/mol. The van der Waals surface area contributed by atoms with Crippen LogP contribution in [0.2, 0.25) is 0 Å². The van der Waals surface area contributed by atoms with Crippen molar-refractivity contribution in [2.75, 3.05) is 0 Å². The first-order valence-corrected chi connectivity index (χ1v) is 9.17. The van der Waals surface area contributed by atoms with Gasteiger partial charge in [0.2, 0.25) is 0 Å². The smallest absolute Gasteiger partial charge is 0.0741 e. The van der Waals surface area contributed by atoms with E-state index in [0.29, 0.717) is 0 Å². The number of halogens is 1. The van der Waals surface area contributed by atoms with Crippen LogP contribution in [0.3, 0.4) is 0 Å². The van der Waals surface area contributed by atoms with Crippen LogP contribution in [0.1, 0.15) is 67.3 Å². The largest absolute Gasteiger partial charge is 0.143 e. The Kier molecular flexibility index (Phi) is 4.70. The average Bonchev–Trinajstić information content (AvgIpc) is 2.86. The van der Waals surface area contributed by atoms with E-state index in [2.05, 4.69) is 93.9 Å². The van der Waals surface area contributed by atoms with E-state index in [0.717, 1.165) is 0 Å². The summed E-state index contributed by atoms with van der Waals surface area (Å²) in [4.78, 5) is 3.10. The Balaban J connectivity index is 2.42. The van der Waals surface area contributed by atoms with Gasteiger partial charge in [-0.25, -0.2) is 0 Å². The first kappa shape index (κ1) is 16.8. The van der Waals surface area contributed by atoms with Crippen LogP contribution in [0.25, 0.3) is 0 Å². The first-order chi connectivity index (χ1) is 9.60. The minimum atomic E-state index is 0.159. The number of rotatable bonds is 2. The molecule has 1 heterocycles. The molecule has 1 unspecified atom stereocenters. The third-order valence-electron chi connectivity index (χ3n) is 3.66. The van der Waals surface area contributed by atoms with Crippen LogP contribution in [0.4, 0.5) is 0 Å². The Bertz CT molecular complexity index is 611. The van der Waals surface area contributed by atoms with E-state index >= 15 is 0 Å². The fourth-order valence-corrected chi connectivity index (χ4v) is 4.34. The highest BCUT2D eigenvalue weighted by molar-refractivity contribution is 9.09. The van der Waals surface area contributed by atoms with E-state index in [9.17, 15) is 0 Å². The molecular formula is C19H25BrS. The zero-order valence-electron chi connectivity index (χ0n) is 13.8. The van der Waals surface area contributed by atoms with E-state index in [1.54, 1.807) is 0 Å². The first-order valence-electron chi connectivity index (χ1n) is 7.44. The molecule has 0 aliphatic heterocycles. The normalized spacial score (nSPS) is 14.2. The molecule has 0 spiro atoms. The molecule has 0 saturated carbocycles. The molecule has 1 atom stereocenters. The van der Waals surface area contributed by atoms with E-state index in [4.69, 9.17) is 0 Å². The molecule has 0 radical (unpaired) electrons. The summed E-state index contributed by atoms with van der Waals surface area (Å²) in [6.07, 6.45) is 0. The molecule has 0 saturated heterocycles. The minimum Gasteiger partial charge on any atom is -0.143 e. The maximum absolute atomic E-state index is 3.93. The van der Waals surface area contributed by atoms with E-state index < -0.39 is 0 Å². The summed E-state index contributed by atoms with van der Waals surface area (Å²) in [6, 6.07) is 13.3. The zero-order valence-corrected chi connectivity index (χ0v) is 16.2. The maximum atomic E-state index is 3.93. The number of hydrogen-bond acceptors (Lipinski definition) is 1. The molecule has 0 bridgehead atoms. The molecule has 0 aliphatic rings. The topological polar surface area (TPSA) is 0 Å². The lowest BCUT2D eigenvalue weighted by atomic mass is 9.83. The van der Waals surface area contributed by atoms with Crippen LogP contribution in [0, 0.1) is 0 Å². The number of hydrogen-bond donors (Lipinski definition) is 0. The van der Waals surface area contributed by atoms with Gasteiger partial charge in [-0.2, -0.15) is 0 Å². The van der Waals surface area contributed by atoms with Crippen molar-refractivity contribution in [3.8, 4) is 0 Å². The molecule has 114 valence electrons. The van der Waals surface area contributed by atoms with Crippen LogP contribution in [0.5, 0.6) is 0 Å². The summed E-state index contributed by atoms with van der Waals surface area (Å²) in [5, 5.41) is 0. The van der Waals surface area contributed by atoms with Gasteiger partial charge < -0.3 is 0 Å². The molecule has 21 heavy (non-hydrogen) atoms. The van der Waals surface area contributed by atoms with Crippen molar-refractivity contribution in [2.24, 2.45) is 0 Å². The van der Waals surface area contributed by atoms with Gasteiger partial charge in [-0.05, 0) is 34.1 Å². The van der Waals surface area contributed by atoms with Gasteiger partial charge in [0.15, 0.2) is 0 Å². The lowest BCUT2D eigenvalue weighted by Gasteiger charge is -2.25. The monoisotopic (exact) mass is 364 g/mol. The Morgan fingerprint density at radius 3 is 2.00 bits per heavy atom. The third kappa shape index (κ3) is 3.78. The number of thiophene rings is 1. The van der Waals surface area contributed by atoms with E-state index in [1.807, 2.05) is 11.3 Å². The van der Waals surface area contributed by atoms with Gasteiger partial charge in [-0.3, -0.25) is 0 Å². The van der Waals surface area contributed by atoms with Crippen molar-refractivity contribution < 1.29 is 0 Å². The van der Waals surface area contributed by atoms with Gasteiger partial charge in [-0.15, -0.1) is 11.3 Å². The van der Waals surface area contributed by atoms with Crippen molar-refractivity contribution >= 4 is 27.3 Å². The fraction of sp³-hybridized carbons (Fsp3) is 0.474. The Labute approximate surface area is 141 Å². The summed E-state index contributed by atoms with van der Waals surface area (Å²) < 4.78 is 0. The minimum absolute atomic E-state index is 0.159. The van der Waals surface area contributed by atoms with Crippen LogP contribution >= 0.6 is 27.3 Å². The lowest BCUT2D eigenvalue weighted by Crippen LogP contribution is -2.14. The van der Waals surface area contributed by atoms with Gasteiger partial charge in [-0.1, -0.05) is 81.7 Å². The van der Waals surface area contributed by atoms with E-state index in [-0.39, 0.29) is 15.7 Å². The maximum Gasteiger partial charge on any atom is 0.0741 e. The second-order valence-corrected chi connectivity index (χ2v) is 9.68. The third-order valence-corrected chi connectivity index (χ3v) is 6.52. The molecule has 0 N–H and O–H groups in total. The Morgan fingerprint density at radius 2 is 1.48 bits per heavy atom.